The molecule has 0 aromatic heterocycles. The molecule has 1 saturated heterocycles. The summed E-state index contributed by atoms with van der Waals surface area (Å²) in [7, 11) is -3.44. The summed E-state index contributed by atoms with van der Waals surface area (Å²) in [4.78, 5) is 12.6. The largest absolute Gasteiger partial charge is 0.416 e. The van der Waals surface area contributed by atoms with E-state index in [2.05, 4.69) is 5.32 Å². The second kappa shape index (κ2) is 8.16. The first-order valence-electron chi connectivity index (χ1n) is 9.12. The van der Waals surface area contributed by atoms with Crippen LogP contribution in [0.5, 0.6) is 0 Å². The molecule has 2 aromatic carbocycles. The van der Waals surface area contributed by atoms with E-state index in [1.165, 1.54) is 4.31 Å². The molecule has 2 unspecified atom stereocenters. The van der Waals surface area contributed by atoms with E-state index < -0.39 is 33.7 Å². The summed E-state index contributed by atoms with van der Waals surface area (Å²) in [5.74, 6) is -0.843. The van der Waals surface area contributed by atoms with Gasteiger partial charge in [-0.05, 0) is 36.8 Å². The van der Waals surface area contributed by atoms with Crippen molar-refractivity contribution in [3.8, 4) is 0 Å². The summed E-state index contributed by atoms with van der Waals surface area (Å²) < 4.78 is 64.1. The lowest BCUT2D eigenvalue weighted by Crippen LogP contribution is -2.40. The van der Waals surface area contributed by atoms with Gasteiger partial charge < -0.3 is 5.32 Å². The zero-order valence-corrected chi connectivity index (χ0v) is 16.5. The number of hydrogen-bond donors (Lipinski definition) is 1. The van der Waals surface area contributed by atoms with E-state index >= 15 is 0 Å². The van der Waals surface area contributed by atoms with Gasteiger partial charge in [-0.15, -0.1) is 0 Å². The summed E-state index contributed by atoms with van der Waals surface area (Å²) in [6.45, 7) is 1.90. The van der Waals surface area contributed by atoms with E-state index in [0.29, 0.717) is 0 Å². The summed E-state index contributed by atoms with van der Waals surface area (Å²) >= 11 is 0. The molecule has 1 fully saturated rings. The smallest absolute Gasteiger partial charge is 0.347 e. The molecule has 156 valence electrons. The first kappa shape index (κ1) is 21.3. The Morgan fingerprint density at radius 1 is 1.07 bits per heavy atom. The van der Waals surface area contributed by atoms with Crippen LogP contribution < -0.4 is 5.32 Å². The normalized spacial score (nSPS) is 20.6. The van der Waals surface area contributed by atoms with Gasteiger partial charge >= 0.3 is 6.18 Å². The molecule has 1 aliphatic rings. The van der Waals surface area contributed by atoms with Gasteiger partial charge in [0.15, 0.2) is 0 Å². The molecule has 29 heavy (non-hydrogen) atoms. The number of carbonyl (C=O) groups is 1. The minimum atomic E-state index is -4.48. The Labute approximate surface area is 167 Å². The second-order valence-electron chi connectivity index (χ2n) is 6.89. The number of benzene rings is 2. The molecule has 0 radical (unpaired) electrons. The van der Waals surface area contributed by atoms with Gasteiger partial charge in [0.2, 0.25) is 10.0 Å². The first-order valence-corrected chi connectivity index (χ1v) is 10.7. The Kier molecular flexibility index (Phi) is 6.00. The van der Waals surface area contributed by atoms with Crippen molar-refractivity contribution in [2.75, 3.05) is 18.8 Å². The molecule has 0 aliphatic carbocycles. The van der Waals surface area contributed by atoms with Crippen molar-refractivity contribution in [1.82, 2.24) is 9.62 Å². The second-order valence-corrected chi connectivity index (χ2v) is 9.15. The molecule has 2 aromatic rings. The first-order chi connectivity index (χ1) is 13.6. The van der Waals surface area contributed by atoms with Crippen LogP contribution in [-0.2, 0) is 16.2 Å². The standard InChI is InChI=1S/C20H21F3N2O3S/c1-2-29(27,28)25-12-17(14-6-4-3-5-7-14)18(13-25)24-19(26)15-8-10-16(11-9-15)20(21,22)23/h3-11,17-18H,2,12-13H2,1H3,(H,24,26). The van der Waals surface area contributed by atoms with Crippen molar-refractivity contribution < 1.29 is 26.4 Å². The summed E-state index contributed by atoms with van der Waals surface area (Å²) in [5.41, 5.74) is 0.137. The molecular formula is C20H21F3N2O3S. The van der Waals surface area contributed by atoms with Crippen LogP contribution >= 0.6 is 0 Å². The molecule has 0 saturated carbocycles. The number of alkyl halides is 3. The zero-order chi connectivity index (χ0) is 21.2. The van der Waals surface area contributed by atoms with Crippen LogP contribution in [0, 0.1) is 0 Å². The third-order valence-electron chi connectivity index (χ3n) is 5.06. The lowest BCUT2D eigenvalue weighted by atomic mass is 9.94. The molecule has 1 N–H and O–H groups in total. The number of amides is 1. The van der Waals surface area contributed by atoms with Crippen molar-refractivity contribution in [2.24, 2.45) is 0 Å². The molecule has 0 bridgehead atoms. The van der Waals surface area contributed by atoms with Gasteiger partial charge in [0, 0.05) is 24.6 Å². The van der Waals surface area contributed by atoms with E-state index in [1.54, 1.807) is 6.92 Å². The van der Waals surface area contributed by atoms with Crippen molar-refractivity contribution in [2.45, 2.75) is 25.1 Å². The molecule has 9 heteroatoms. The van der Waals surface area contributed by atoms with Crippen LogP contribution in [0.4, 0.5) is 13.2 Å². The van der Waals surface area contributed by atoms with Crippen LogP contribution in [0.2, 0.25) is 0 Å². The number of carbonyl (C=O) groups excluding carboxylic acids is 1. The highest BCUT2D eigenvalue weighted by Gasteiger charge is 2.39. The monoisotopic (exact) mass is 426 g/mol. The maximum Gasteiger partial charge on any atom is 0.416 e. The average Bonchev–Trinajstić information content (AvgIpc) is 3.12. The highest BCUT2D eigenvalue weighted by atomic mass is 32.2. The van der Waals surface area contributed by atoms with Gasteiger partial charge in [-0.3, -0.25) is 4.79 Å². The predicted molar refractivity (Wildman–Crippen MR) is 103 cm³/mol. The predicted octanol–water partition coefficient (Wildman–Crippen LogP) is 3.25. The number of nitrogens with zero attached hydrogens (tertiary/aromatic N) is 1. The van der Waals surface area contributed by atoms with Gasteiger partial charge in [-0.25, -0.2) is 8.42 Å². The van der Waals surface area contributed by atoms with Crippen molar-refractivity contribution in [3.05, 3.63) is 71.3 Å². The van der Waals surface area contributed by atoms with Gasteiger partial charge in [0.05, 0.1) is 17.4 Å². The topological polar surface area (TPSA) is 66.5 Å². The maximum atomic E-state index is 12.7. The highest BCUT2D eigenvalue weighted by molar-refractivity contribution is 7.89. The minimum absolute atomic E-state index is 0.0475. The summed E-state index contributed by atoms with van der Waals surface area (Å²) in [5, 5.41) is 2.80. The number of halogens is 3. The summed E-state index contributed by atoms with van der Waals surface area (Å²) in [6.07, 6.45) is -4.48. The Balaban J connectivity index is 1.81. The van der Waals surface area contributed by atoms with E-state index in [0.717, 1.165) is 29.8 Å². The summed E-state index contributed by atoms with van der Waals surface area (Å²) in [6, 6.07) is 12.7. The van der Waals surface area contributed by atoms with E-state index in [-0.39, 0.29) is 30.3 Å². The van der Waals surface area contributed by atoms with E-state index in [1.807, 2.05) is 30.3 Å². The quantitative estimate of drug-likeness (QED) is 0.798. The van der Waals surface area contributed by atoms with Crippen molar-refractivity contribution in [3.63, 3.8) is 0 Å². The van der Waals surface area contributed by atoms with Gasteiger partial charge in [0.25, 0.3) is 5.91 Å². The molecule has 2 atom stereocenters. The number of hydrogen-bond acceptors (Lipinski definition) is 3. The molecule has 1 amide bonds. The van der Waals surface area contributed by atoms with Crippen LogP contribution in [0.25, 0.3) is 0 Å². The average molecular weight is 426 g/mol. The SMILES string of the molecule is CCS(=O)(=O)N1CC(NC(=O)c2ccc(C(F)(F)F)cc2)C(c2ccccc2)C1. The van der Waals surface area contributed by atoms with Crippen molar-refractivity contribution >= 4 is 15.9 Å². The Bertz CT molecular complexity index is 961. The molecule has 3 rings (SSSR count). The number of rotatable bonds is 5. The third-order valence-corrected chi connectivity index (χ3v) is 6.88. The van der Waals surface area contributed by atoms with Crippen LogP contribution in [-0.4, -0.2) is 43.5 Å². The third kappa shape index (κ3) is 4.79. The fraction of sp³-hybridized carbons (Fsp3) is 0.350. The zero-order valence-electron chi connectivity index (χ0n) is 15.7. The lowest BCUT2D eigenvalue weighted by molar-refractivity contribution is -0.137. The Hall–Kier alpha value is -2.39. The fourth-order valence-electron chi connectivity index (χ4n) is 3.42. The molecule has 5 nitrogen and oxygen atoms in total. The Morgan fingerprint density at radius 2 is 1.69 bits per heavy atom. The van der Waals surface area contributed by atoms with Gasteiger partial charge in [-0.1, -0.05) is 30.3 Å². The minimum Gasteiger partial charge on any atom is -0.347 e. The van der Waals surface area contributed by atoms with E-state index in [4.69, 9.17) is 0 Å². The van der Waals surface area contributed by atoms with Crippen molar-refractivity contribution in [1.29, 1.82) is 0 Å². The van der Waals surface area contributed by atoms with Gasteiger partial charge in [0.1, 0.15) is 0 Å². The maximum absolute atomic E-state index is 12.7. The number of nitrogens with one attached hydrogen (secondary N) is 1. The Morgan fingerprint density at radius 3 is 2.24 bits per heavy atom. The van der Waals surface area contributed by atoms with E-state index in [9.17, 15) is 26.4 Å². The van der Waals surface area contributed by atoms with Crippen LogP contribution in [0.15, 0.2) is 54.6 Å². The lowest BCUT2D eigenvalue weighted by Gasteiger charge is -2.20. The fourth-order valence-corrected chi connectivity index (χ4v) is 4.56. The number of sulfonamides is 1. The van der Waals surface area contributed by atoms with Gasteiger partial charge in [-0.2, -0.15) is 17.5 Å². The molecule has 0 spiro atoms. The van der Waals surface area contributed by atoms with Crippen LogP contribution in [0.1, 0.15) is 34.3 Å². The molecular weight excluding hydrogens is 405 g/mol. The molecule has 1 aliphatic heterocycles. The highest BCUT2D eigenvalue weighted by Crippen LogP contribution is 2.31. The van der Waals surface area contributed by atoms with Crippen LogP contribution in [0.3, 0.4) is 0 Å². The molecule has 1 heterocycles.